The predicted octanol–water partition coefficient (Wildman–Crippen LogP) is 4.41. The number of piperazine rings is 1. The largest absolute Gasteiger partial charge is 0.445 e. The molecule has 1 aromatic heterocycles. The van der Waals surface area contributed by atoms with Crippen LogP contribution in [0.25, 0.3) is 0 Å². The summed E-state index contributed by atoms with van der Waals surface area (Å²) in [6, 6.07) is 4.83. The zero-order chi connectivity index (χ0) is 26.4. The van der Waals surface area contributed by atoms with Crippen molar-refractivity contribution in [1.82, 2.24) is 24.5 Å². The first kappa shape index (κ1) is 25.8. The van der Waals surface area contributed by atoms with E-state index in [2.05, 4.69) is 17.0 Å². The van der Waals surface area contributed by atoms with Gasteiger partial charge in [-0.05, 0) is 62.6 Å². The van der Waals surface area contributed by atoms with Crippen molar-refractivity contribution in [2.24, 2.45) is 0 Å². The number of ether oxygens (including phenoxy) is 1. The van der Waals surface area contributed by atoms with Crippen LogP contribution in [0.3, 0.4) is 0 Å². The van der Waals surface area contributed by atoms with Gasteiger partial charge in [0.25, 0.3) is 5.91 Å². The fourth-order valence-electron chi connectivity index (χ4n) is 5.50. The Labute approximate surface area is 217 Å². The maximum Gasteiger partial charge on any atom is 0.416 e. The molecule has 3 aliphatic rings. The molecule has 2 aromatic rings. The zero-order valence-electron chi connectivity index (χ0n) is 20.6. The minimum atomic E-state index is -4.55. The Morgan fingerprint density at radius 3 is 2.57 bits per heavy atom. The van der Waals surface area contributed by atoms with Crippen LogP contribution in [0.4, 0.5) is 18.0 Å². The van der Waals surface area contributed by atoms with Gasteiger partial charge < -0.3 is 19.4 Å². The molecule has 1 spiro atoms. The van der Waals surface area contributed by atoms with Crippen LogP contribution in [0.5, 0.6) is 0 Å². The van der Waals surface area contributed by atoms with Gasteiger partial charge in [-0.3, -0.25) is 9.48 Å². The van der Waals surface area contributed by atoms with Crippen LogP contribution in [0, 0.1) is 0 Å². The highest BCUT2D eigenvalue weighted by atomic mass is 35.5. The van der Waals surface area contributed by atoms with Crippen LogP contribution in [0.2, 0.25) is 5.02 Å². The molecule has 37 heavy (non-hydrogen) atoms. The summed E-state index contributed by atoms with van der Waals surface area (Å²) < 4.78 is 46.3. The van der Waals surface area contributed by atoms with Crippen LogP contribution in [0.1, 0.15) is 53.0 Å². The Kier molecular flexibility index (Phi) is 6.86. The molecule has 200 valence electrons. The number of fused-ring (bicyclic) bond motifs is 1. The Hall–Kier alpha value is -2.79. The molecule has 2 fully saturated rings. The van der Waals surface area contributed by atoms with Gasteiger partial charge in [0.05, 0.1) is 23.3 Å². The van der Waals surface area contributed by atoms with E-state index in [0.29, 0.717) is 31.7 Å². The Balaban J connectivity index is 1.25. The first-order valence-electron chi connectivity index (χ1n) is 12.4. The van der Waals surface area contributed by atoms with Gasteiger partial charge in [0, 0.05) is 37.7 Å². The molecule has 1 aliphatic carbocycles. The lowest BCUT2D eigenvalue weighted by Gasteiger charge is -2.55. The normalized spacial score (nSPS) is 19.8. The van der Waals surface area contributed by atoms with E-state index in [0.717, 1.165) is 50.2 Å². The zero-order valence-corrected chi connectivity index (χ0v) is 21.3. The molecule has 1 saturated heterocycles. The monoisotopic (exact) mass is 539 g/mol. The second-order valence-corrected chi connectivity index (χ2v) is 10.6. The smallest absolute Gasteiger partial charge is 0.416 e. The van der Waals surface area contributed by atoms with Crippen LogP contribution in [0.15, 0.2) is 24.3 Å². The number of aryl methyl sites for hydroxylation is 1. The summed E-state index contributed by atoms with van der Waals surface area (Å²) in [7, 11) is 2.08. The topological polar surface area (TPSA) is 70.9 Å². The van der Waals surface area contributed by atoms with Crippen LogP contribution in [-0.2, 0) is 30.6 Å². The summed E-state index contributed by atoms with van der Waals surface area (Å²) in [5.41, 5.74) is 0.230. The fourth-order valence-corrected chi connectivity index (χ4v) is 5.76. The van der Waals surface area contributed by atoms with Crippen molar-refractivity contribution in [2.75, 3.05) is 33.2 Å². The van der Waals surface area contributed by atoms with Crippen molar-refractivity contribution >= 4 is 23.6 Å². The number of benzene rings is 1. The third kappa shape index (κ3) is 5.29. The number of amides is 2. The van der Waals surface area contributed by atoms with E-state index in [1.807, 2.05) is 4.90 Å². The molecule has 2 aliphatic heterocycles. The highest BCUT2D eigenvalue weighted by Gasteiger charge is 2.48. The molecule has 2 amide bonds. The summed E-state index contributed by atoms with van der Waals surface area (Å²) in [4.78, 5) is 32.0. The third-order valence-electron chi connectivity index (χ3n) is 7.51. The van der Waals surface area contributed by atoms with Gasteiger partial charge in [-0.1, -0.05) is 11.6 Å². The average molecular weight is 540 g/mol. The highest BCUT2D eigenvalue weighted by molar-refractivity contribution is 6.30. The molecule has 1 saturated carbocycles. The number of carbonyl (C=O) groups is 2. The van der Waals surface area contributed by atoms with Crippen molar-refractivity contribution in [3.8, 4) is 0 Å². The van der Waals surface area contributed by atoms with Gasteiger partial charge in [-0.2, -0.15) is 18.3 Å². The van der Waals surface area contributed by atoms with Gasteiger partial charge in [0.15, 0.2) is 5.69 Å². The number of rotatable bonds is 3. The Morgan fingerprint density at radius 1 is 1.08 bits per heavy atom. The third-order valence-corrected chi connectivity index (χ3v) is 7.73. The molecule has 0 N–H and O–H groups in total. The number of aromatic nitrogens is 2. The summed E-state index contributed by atoms with van der Waals surface area (Å²) in [5.74, 6) is -0.0797. The number of nitrogens with zero attached hydrogens (tertiary/aromatic N) is 5. The molecular formula is C25H29ClF3N5O3. The number of hydrogen-bond donors (Lipinski definition) is 0. The number of hydrogen-bond acceptors (Lipinski definition) is 5. The summed E-state index contributed by atoms with van der Waals surface area (Å²) in [6.45, 7) is 3.14. The minimum absolute atomic E-state index is 0.0797. The predicted molar refractivity (Wildman–Crippen MR) is 129 cm³/mol. The molecule has 0 bridgehead atoms. The molecule has 0 unspecified atom stereocenters. The molecule has 3 heterocycles. The first-order chi connectivity index (χ1) is 17.5. The standard InChI is InChI=1S/C25H29ClF3N5O3/c1-31-8-9-33(24(16-31)4-2-5-24)22(35)21-13-20-14-32(6-3-7-34(20)30-21)23(36)37-15-17-10-18(25(27,28)29)12-19(26)11-17/h10-13H,2-9,14-16H2,1H3. The molecule has 8 nitrogen and oxygen atoms in total. The van der Waals surface area contributed by atoms with E-state index in [1.54, 1.807) is 10.7 Å². The van der Waals surface area contributed by atoms with E-state index >= 15 is 0 Å². The van der Waals surface area contributed by atoms with Gasteiger partial charge >= 0.3 is 12.3 Å². The van der Waals surface area contributed by atoms with Crippen LogP contribution in [-0.4, -0.2) is 75.2 Å². The summed E-state index contributed by atoms with van der Waals surface area (Å²) >= 11 is 5.83. The van der Waals surface area contributed by atoms with Crippen LogP contribution < -0.4 is 0 Å². The highest BCUT2D eigenvalue weighted by Crippen LogP contribution is 2.41. The van der Waals surface area contributed by atoms with E-state index in [4.69, 9.17) is 16.3 Å². The quantitative estimate of drug-likeness (QED) is 0.578. The second kappa shape index (κ2) is 9.83. The van der Waals surface area contributed by atoms with Gasteiger partial charge in [0.2, 0.25) is 0 Å². The van der Waals surface area contributed by atoms with Gasteiger partial charge in [-0.25, -0.2) is 4.79 Å². The summed E-state index contributed by atoms with van der Waals surface area (Å²) in [5, 5.41) is 4.49. The lowest BCUT2D eigenvalue weighted by Crippen LogP contribution is -2.66. The summed E-state index contributed by atoms with van der Waals surface area (Å²) in [6.07, 6.45) is -1.50. The fraction of sp³-hybridized carbons (Fsp3) is 0.560. The SMILES string of the molecule is CN1CCN(C(=O)c2cc3n(n2)CCCN(C(=O)OCc2cc(Cl)cc(C(F)(F)F)c2)C3)C2(CCC2)C1. The molecule has 0 radical (unpaired) electrons. The van der Waals surface area contributed by atoms with Crippen molar-refractivity contribution in [3.05, 3.63) is 51.8 Å². The van der Waals surface area contributed by atoms with Crippen molar-refractivity contribution < 1.29 is 27.5 Å². The van der Waals surface area contributed by atoms with Gasteiger partial charge in [-0.15, -0.1) is 0 Å². The second-order valence-electron chi connectivity index (χ2n) is 10.2. The van der Waals surface area contributed by atoms with E-state index in [9.17, 15) is 22.8 Å². The molecule has 5 rings (SSSR count). The number of likely N-dealkylation sites (N-methyl/N-ethyl adjacent to an activating group) is 1. The van der Waals surface area contributed by atoms with E-state index < -0.39 is 17.8 Å². The van der Waals surface area contributed by atoms with Crippen molar-refractivity contribution in [2.45, 2.75) is 57.1 Å². The molecular weight excluding hydrogens is 511 g/mol. The maximum atomic E-state index is 13.5. The first-order valence-corrected chi connectivity index (χ1v) is 12.8. The molecule has 0 atom stereocenters. The average Bonchev–Trinajstić information content (AvgIpc) is 3.11. The Bertz CT molecular complexity index is 1200. The molecule has 1 aromatic carbocycles. The van der Waals surface area contributed by atoms with E-state index in [1.165, 1.54) is 11.0 Å². The lowest BCUT2D eigenvalue weighted by molar-refractivity contribution is -0.137. The van der Waals surface area contributed by atoms with E-state index in [-0.39, 0.29) is 35.2 Å². The number of carbonyl (C=O) groups excluding carboxylic acids is 2. The maximum absolute atomic E-state index is 13.5. The number of alkyl halides is 3. The minimum Gasteiger partial charge on any atom is -0.445 e. The lowest BCUT2D eigenvalue weighted by atomic mass is 9.73. The van der Waals surface area contributed by atoms with Crippen molar-refractivity contribution in [1.29, 1.82) is 0 Å². The van der Waals surface area contributed by atoms with Gasteiger partial charge in [0.1, 0.15) is 6.61 Å². The van der Waals surface area contributed by atoms with Crippen molar-refractivity contribution in [3.63, 3.8) is 0 Å². The van der Waals surface area contributed by atoms with Crippen LogP contribution >= 0.6 is 11.6 Å². The number of halogens is 4. The molecule has 12 heteroatoms. The Morgan fingerprint density at radius 2 is 1.86 bits per heavy atom.